The van der Waals surface area contributed by atoms with Gasteiger partial charge in [0, 0.05) is 6.54 Å². The number of aliphatic hydroxyl groups is 1. The van der Waals surface area contributed by atoms with Crippen molar-refractivity contribution in [1.82, 2.24) is 5.32 Å². The van der Waals surface area contributed by atoms with Crippen molar-refractivity contribution in [2.45, 2.75) is 12.1 Å². The summed E-state index contributed by atoms with van der Waals surface area (Å²) in [5.74, 6) is 0.613. The van der Waals surface area contributed by atoms with Gasteiger partial charge in [0.15, 0.2) is 0 Å². The summed E-state index contributed by atoms with van der Waals surface area (Å²) >= 11 is 6.01. The summed E-state index contributed by atoms with van der Waals surface area (Å²) < 4.78 is 5.06. The molecule has 0 amide bonds. The van der Waals surface area contributed by atoms with Gasteiger partial charge in [-0.15, -0.1) is 0 Å². The molecule has 0 aliphatic rings. The minimum atomic E-state index is -0.644. The van der Waals surface area contributed by atoms with Gasteiger partial charge in [-0.05, 0) is 24.7 Å². The Bertz CT molecular complexity index is 347. The molecule has 0 spiro atoms. The number of aliphatic hydroxyl groups excluding tert-OH is 1. The number of ether oxygens (including phenoxy) is 1. The third kappa shape index (κ3) is 2.86. The molecule has 0 aliphatic heterocycles. The van der Waals surface area contributed by atoms with Crippen LogP contribution in [0.15, 0.2) is 18.2 Å². The Balaban J connectivity index is 2.98. The van der Waals surface area contributed by atoms with Gasteiger partial charge in [-0.25, -0.2) is 0 Å². The number of methoxy groups -OCH3 is 1. The fraction of sp³-hybridized carbons (Fsp3) is 0.455. The highest BCUT2D eigenvalue weighted by Gasteiger charge is 2.18. The normalized spacial score (nSPS) is 14.6. The van der Waals surface area contributed by atoms with Crippen molar-refractivity contribution in [3.63, 3.8) is 0 Å². The number of nitrogens with two attached hydrogens (primary N) is 1. The Labute approximate surface area is 100 Å². The summed E-state index contributed by atoms with van der Waals surface area (Å²) in [5.41, 5.74) is 6.31. The third-order valence-corrected chi connectivity index (χ3v) is 2.77. The maximum absolute atomic E-state index is 9.73. The number of halogens is 1. The van der Waals surface area contributed by atoms with E-state index in [2.05, 4.69) is 5.32 Å². The van der Waals surface area contributed by atoms with Gasteiger partial charge in [-0.3, -0.25) is 0 Å². The molecule has 1 aromatic rings. The lowest BCUT2D eigenvalue weighted by molar-refractivity contribution is 0.139. The van der Waals surface area contributed by atoms with Crippen molar-refractivity contribution >= 4 is 11.6 Å². The first-order valence-electron chi connectivity index (χ1n) is 5.02. The fourth-order valence-corrected chi connectivity index (χ4v) is 1.86. The lowest BCUT2D eigenvalue weighted by Crippen LogP contribution is -2.34. The Kier molecular flexibility index (Phi) is 5.02. The quantitative estimate of drug-likeness (QED) is 0.721. The van der Waals surface area contributed by atoms with E-state index in [9.17, 15) is 5.11 Å². The topological polar surface area (TPSA) is 67.5 Å². The first-order chi connectivity index (χ1) is 7.63. The third-order valence-electron chi connectivity index (χ3n) is 2.47. The van der Waals surface area contributed by atoms with Crippen LogP contribution in [0.4, 0.5) is 0 Å². The van der Waals surface area contributed by atoms with E-state index in [1.807, 2.05) is 6.07 Å². The smallest absolute Gasteiger partial charge is 0.137 e. The number of hydrogen-bond acceptors (Lipinski definition) is 4. The maximum atomic E-state index is 9.73. The van der Waals surface area contributed by atoms with Crippen LogP contribution in [0.2, 0.25) is 5.02 Å². The van der Waals surface area contributed by atoms with Gasteiger partial charge in [0.05, 0.1) is 24.3 Å². The molecule has 0 saturated carbocycles. The molecule has 0 fully saturated rings. The molecule has 16 heavy (non-hydrogen) atoms. The Morgan fingerprint density at radius 1 is 1.56 bits per heavy atom. The first-order valence-corrected chi connectivity index (χ1v) is 5.40. The van der Waals surface area contributed by atoms with Crippen molar-refractivity contribution in [1.29, 1.82) is 0 Å². The predicted molar refractivity (Wildman–Crippen MR) is 64.9 cm³/mol. The number of likely N-dealkylation sites (N-methyl/N-ethyl adjacent to an activating group) is 1. The minimum Gasteiger partial charge on any atom is -0.495 e. The van der Waals surface area contributed by atoms with E-state index in [1.165, 1.54) is 0 Å². The zero-order valence-electron chi connectivity index (χ0n) is 9.40. The Morgan fingerprint density at radius 2 is 2.25 bits per heavy atom. The molecule has 2 unspecified atom stereocenters. The van der Waals surface area contributed by atoms with Crippen molar-refractivity contribution in [2.75, 3.05) is 20.7 Å². The summed E-state index contributed by atoms with van der Waals surface area (Å²) in [7, 11) is 3.33. The van der Waals surface area contributed by atoms with Crippen LogP contribution in [0.5, 0.6) is 5.75 Å². The molecule has 0 heterocycles. The summed E-state index contributed by atoms with van der Waals surface area (Å²) in [6, 6.07) is 5.16. The van der Waals surface area contributed by atoms with Crippen LogP contribution in [0.25, 0.3) is 0 Å². The number of rotatable bonds is 5. The SMILES string of the molecule is CNC(c1ccc(OC)c(Cl)c1)C(O)CN. The molecule has 1 aromatic carbocycles. The molecule has 5 heteroatoms. The first kappa shape index (κ1) is 13.3. The monoisotopic (exact) mass is 244 g/mol. The Hall–Kier alpha value is -0.810. The molecule has 0 saturated heterocycles. The van der Waals surface area contributed by atoms with E-state index < -0.39 is 6.10 Å². The van der Waals surface area contributed by atoms with Gasteiger partial charge in [-0.2, -0.15) is 0 Å². The van der Waals surface area contributed by atoms with Gasteiger partial charge in [-0.1, -0.05) is 17.7 Å². The summed E-state index contributed by atoms with van der Waals surface area (Å²) in [6.45, 7) is 0.190. The van der Waals surface area contributed by atoms with Crippen molar-refractivity contribution < 1.29 is 9.84 Å². The average molecular weight is 245 g/mol. The molecule has 2 atom stereocenters. The highest BCUT2D eigenvalue weighted by Crippen LogP contribution is 2.28. The van der Waals surface area contributed by atoms with Crippen molar-refractivity contribution in [3.8, 4) is 5.75 Å². The molecular weight excluding hydrogens is 228 g/mol. The standard InChI is InChI=1S/C11H17ClN2O2/c1-14-11(9(15)6-13)7-3-4-10(16-2)8(12)5-7/h3-5,9,11,14-15H,6,13H2,1-2H3. The van der Waals surface area contributed by atoms with Crippen LogP contribution in [-0.2, 0) is 0 Å². The van der Waals surface area contributed by atoms with E-state index in [1.54, 1.807) is 26.3 Å². The molecule has 1 rings (SSSR count). The highest BCUT2D eigenvalue weighted by atomic mass is 35.5. The number of hydrogen-bond donors (Lipinski definition) is 3. The second kappa shape index (κ2) is 6.06. The van der Waals surface area contributed by atoms with Crippen molar-refractivity contribution in [2.24, 2.45) is 5.73 Å². The molecule has 0 radical (unpaired) electrons. The predicted octanol–water partition coefficient (Wildman–Crippen LogP) is 0.929. The second-order valence-corrected chi connectivity index (χ2v) is 3.87. The van der Waals surface area contributed by atoms with Crippen LogP contribution in [0.3, 0.4) is 0 Å². The van der Waals surface area contributed by atoms with Gasteiger partial charge >= 0.3 is 0 Å². The number of nitrogens with one attached hydrogen (secondary N) is 1. The summed E-state index contributed by atoms with van der Waals surface area (Å²) in [5, 5.41) is 13.2. The maximum Gasteiger partial charge on any atom is 0.137 e. The lowest BCUT2D eigenvalue weighted by atomic mass is 10.0. The van der Waals surface area contributed by atoms with Crippen LogP contribution in [0, 0.1) is 0 Å². The molecule has 0 aromatic heterocycles. The van der Waals surface area contributed by atoms with Crippen molar-refractivity contribution in [3.05, 3.63) is 28.8 Å². The summed E-state index contributed by atoms with van der Waals surface area (Å²) in [6.07, 6.45) is -0.644. The van der Waals surface area contributed by atoms with E-state index >= 15 is 0 Å². The van der Waals surface area contributed by atoms with Crippen LogP contribution in [0.1, 0.15) is 11.6 Å². The molecule has 0 aliphatic carbocycles. The summed E-state index contributed by atoms with van der Waals surface area (Å²) in [4.78, 5) is 0. The van der Waals surface area contributed by atoms with Crippen LogP contribution >= 0.6 is 11.6 Å². The zero-order valence-corrected chi connectivity index (χ0v) is 10.2. The molecular formula is C11H17ClN2O2. The average Bonchev–Trinajstić information content (AvgIpc) is 2.30. The molecule has 0 bridgehead atoms. The van der Waals surface area contributed by atoms with E-state index in [0.717, 1.165) is 5.56 Å². The van der Waals surface area contributed by atoms with E-state index in [0.29, 0.717) is 10.8 Å². The Morgan fingerprint density at radius 3 is 2.69 bits per heavy atom. The van der Waals surface area contributed by atoms with Gasteiger partial charge in [0.1, 0.15) is 5.75 Å². The fourth-order valence-electron chi connectivity index (χ4n) is 1.59. The van der Waals surface area contributed by atoms with E-state index in [-0.39, 0.29) is 12.6 Å². The minimum absolute atomic E-state index is 0.190. The largest absolute Gasteiger partial charge is 0.495 e. The second-order valence-electron chi connectivity index (χ2n) is 3.46. The van der Waals surface area contributed by atoms with Crippen LogP contribution in [-0.4, -0.2) is 31.9 Å². The molecule has 4 N–H and O–H groups in total. The molecule has 90 valence electrons. The van der Waals surface area contributed by atoms with Crippen LogP contribution < -0.4 is 15.8 Å². The number of benzene rings is 1. The zero-order chi connectivity index (χ0) is 12.1. The van der Waals surface area contributed by atoms with Gasteiger partial charge in [0.2, 0.25) is 0 Å². The van der Waals surface area contributed by atoms with Gasteiger partial charge in [0.25, 0.3) is 0 Å². The van der Waals surface area contributed by atoms with E-state index in [4.69, 9.17) is 22.1 Å². The van der Waals surface area contributed by atoms with Gasteiger partial charge < -0.3 is 20.9 Å². The molecule has 4 nitrogen and oxygen atoms in total. The lowest BCUT2D eigenvalue weighted by Gasteiger charge is -2.22. The highest BCUT2D eigenvalue weighted by molar-refractivity contribution is 6.32.